The maximum atomic E-state index is 14.8. The number of nitrogens with one attached hydrogen (secondary N) is 1. The second kappa shape index (κ2) is 9.39. The van der Waals surface area contributed by atoms with Crippen LogP contribution in [0, 0.1) is 5.82 Å². The van der Waals surface area contributed by atoms with Crippen molar-refractivity contribution in [2.24, 2.45) is 7.05 Å². The Kier molecular flexibility index (Phi) is 6.73. The molecule has 3 aromatic rings. The van der Waals surface area contributed by atoms with E-state index in [1.165, 1.54) is 26.1 Å². The zero-order valence-electron chi connectivity index (χ0n) is 19.8. The number of nitrogens with zero attached hydrogens (tertiary/aromatic N) is 3. The summed E-state index contributed by atoms with van der Waals surface area (Å²) < 4.78 is 95.3. The normalized spacial score (nSPS) is 19.0. The van der Waals surface area contributed by atoms with Crippen LogP contribution in [0.3, 0.4) is 0 Å². The highest BCUT2D eigenvalue weighted by Gasteiger charge is 2.59. The van der Waals surface area contributed by atoms with E-state index in [0.717, 1.165) is 24.1 Å². The second-order valence-electron chi connectivity index (χ2n) is 8.65. The molecule has 0 spiro atoms. The topological polar surface area (TPSA) is 87.4 Å². The number of rotatable bonds is 6. The van der Waals surface area contributed by atoms with Crippen molar-refractivity contribution in [3.05, 3.63) is 62.0 Å². The molecule has 0 bridgehead atoms. The smallest absolute Gasteiger partial charge is 0.414 e. The Balaban J connectivity index is 1.97. The van der Waals surface area contributed by atoms with Gasteiger partial charge >= 0.3 is 6.18 Å². The van der Waals surface area contributed by atoms with E-state index in [-0.39, 0.29) is 28.8 Å². The van der Waals surface area contributed by atoms with Crippen LogP contribution in [-0.4, -0.2) is 40.8 Å². The van der Waals surface area contributed by atoms with Gasteiger partial charge in [-0.05, 0) is 6.92 Å². The largest absolute Gasteiger partial charge is 0.490 e. The summed E-state index contributed by atoms with van der Waals surface area (Å²) in [7, 11) is 2.27. The minimum atomic E-state index is -4.90. The quantitative estimate of drug-likeness (QED) is 0.483. The number of ether oxygens (including phenoxy) is 2. The van der Waals surface area contributed by atoms with Crippen molar-refractivity contribution >= 4 is 16.6 Å². The third-order valence-corrected chi connectivity index (χ3v) is 6.49. The zero-order valence-corrected chi connectivity index (χ0v) is 19.8. The number of alkyl halides is 5. The summed E-state index contributed by atoms with van der Waals surface area (Å²) in [6.07, 6.45) is -7.69. The number of aromatic nitrogens is 3. The van der Waals surface area contributed by atoms with Crippen LogP contribution in [0.4, 0.5) is 32.2 Å². The van der Waals surface area contributed by atoms with Gasteiger partial charge in [0, 0.05) is 31.8 Å². The van der Waals surface area contributed by atoms with Crippen molar-refractivity contribution in [1.82, 2.24) is 14.3 Å². The number of anilines is 1. The van der Waals surface area contributed by atoms with Crippen LogP contribution in [0.1, 0.15) is 36.9 Å². The van der Waals surface area contributed by atoms with E-state index in [2.05, 4.69) is 10.4 Å². The van der Waals surface area contributed by atoms with Crippen molar-refractivity contribution in [1.29, 1.82) is 0 Å². The van der Waals surface area contributed by atoms with Crippen LogP contribution in [0.2, 0.25) is 0 Å². The van der Waals surface area contributed by atoms with Gasteiger partial charge in [0.05, 0.1) is 30.7 Å². The van der Waals surface area contributed by atoms with E-state index < -0.39 is 65.5 Å². The molecule has 1 fully saturated rings. The highest BCUT2D eigenvalue weighted by Crippen LogP contribution is 2.43. The number of benzene rings is 1. The molecule has 1 aromatic carbocycles. The third-order valence-electron chi connectivity index (χ3n) is 6.49. The fourth-order valence-corrected chi connectivity index (χ4v) is 4.47. The molecule has 2 aromatic heterocycles. The number of halogens is 6. The molecular weight excluding hydrogens is 510 g/mol. The Morgan fingerprint density at radius 3 is 2.43 bits per heavy atom. The number of hydrogen-bond acceptors (Lipinski definition) is 6. The zero-order chi connectivity index (χ0) is 27.3. The molecule has 0 radical (unpaired) electrons. The van der Waals surface area contributed by atoms with E-state index in [1.807, 2.05) is 0 Å². The molecule has 1 saturated heterocycles. The van der Waals surface area contributed by atoms with Crippen molar-refractivity contribution in [3.8, 4) is 5.75 Å². The van der Waals surface area contributed by atoms with Crippen LogP contribution < -0.4 is 21.2 Å². The molecule has 200 valence electrons. The van der Waals surface area contributed by atoms with Crippen molar-refractivity contribution in [2.45, 2.75) is 37.5 Å². The minimum Gasteiger partial charge on any atom is -0.490 e. The minimum absolute atomic E-state index is 0.169. The Labute approximate surface area is 205 Å². The number of methoxy groups -OCH3 is 1. The first kappa shape index (κ1) is 26.5. The molecule has 37 heavy (non-hydrogen) atoms. The molecule has 1 aliphatic rings. The Bertz CT molecular complexity index is 1460. The molecule has 4 rings (SSSR count). The predicted molar refractivity (Wildman–Crippen MR) is 121 cm³/mol. The van der Waals surface area contributed by atoms with Gasteiger partial charge in [-0.25, -0.2) is 17.9 Å². The van der Waals surface area contributed by atoms with E-state index in [0.29, 0.717) is 4.57 Å². The molecule has 14 heteroatoms. The number of aryl methyl sites for hydroxylation is 1. The SMILES string of the molecule is COc1c(=O)n([C@@]2(C(F)(F)F)CCOC2)cc2c(NC(C)c3cccc(C(F)F)c3F)nn(C)c(=O)c12. The predicted octanol–water partition coefficient (Wildman–Crippen LogP) is 4.03. The first-order chi connectivity index (χ1) is 17.3. The van der Waals surface area contributed by atoms with Gasteiger partial charge < -0.3 is 14.8 Å². The molecule has 0 saturated carbocycles. The summed E-state index contributed by atoms with van der Waals surface area (Å²) in [6, 6.07) is 2.40. The summed E-state index contributed by atoms with van der Waals surface area (Å²) in [6.45, 7) is 0.318. The first-order valence-electron chi connectivity index (χ1n) is 11.0. The van der Waals surface area contributed by atoms with Crippen LogP contribution in [0.15, 0.2) is 34.0 Å². The average molecular weight is 532 g/mol. The lowest BCUT2D eigenvalue weighted by molar-refractivity contribution is -0.214. The number of hydrogen-bond donors (Lipinski definition) is 1. The lowest BCUT2D eigenvalue weighted by Gasteiger charge is -2.33. The van der Waals surface area contributed by atoms with Crippen LogP contribution in [0.5, 0.6) is 5.75 Å². The molecule has 1 unspecified atom stereocenters. The molecular formula is C23H22F6N4O4. The van der Waals surface area contributed by atoms with Gasteiger partial charge in [-0.15, -0.1) is 0 Å². The van der Waals surface area contributed by atoms with E-state index >= 15 is 0 Å². The Morgan fingerprint density at radius 1 is 1.19 bits per heavy atom. The van der Waals surface area contributed by atoms with Gasteiger partial charge in [0.1, 0.15) is 11.2 Å². The first-order valence-corrected chi connectivity index (χ1v) is 11.0. The molecule has 2 atom stereocenters. The van der Waals surface area contributed by atoms with E-state index in [1.54, 1.807) is 0 Å². The van der Waals surface area contributed by atoms with Gasteiger partial charge in [-0.3, -0.25) is 14.2 Å². The van der Waals surface area contributed by atoms with E-state index in [9.17, 15) is 35.9 Å². The highest BCUT2D eigenvalue weighted by atomic mass is 19.4. The van der Waals surface area contributed by atoms with Gasteiger partial charge in [-0.1, -0.05) is 18.2 Å². The van der Waals surface area contributed by atoms with Crippen LogP contribution >= 0.6 is 0 Å². The number of pyridine rings is 1. The Hall–Kier alpha value is -3.55. The second-order valence-corrected chi connectivity index (χ2v) is 8.65. The summed E-state index contributed by atoms with van der Waals surface area (Å²) >= 11 is 0. The third kappa shape index (κ3) is 4.22. The summed E-state index contributed by atoms with van der Waals surface area (Å²) in [5.74, 6) is -2.01. The summed E-state index contributed by atoms with van der Waals surface area (Å²) in [4.78, 5) is 26.1. The lowest BCUT2D eigenvalue weighted by Crippen LogP contribution is -2.52. The molecule has 1 N–H and O–H groups in total. The number of fused-ring (bicyclic) bond motifs is 1. The monoisotopic (exact) mass is 532 g/mol. The van der Waals surface area contributed by atoms with Crippen LogP contribution in [-0.2, 0) is 17.3 Å². The highest BCUT2D eigenvalue weighted by molar-refractivity contribution is 5.94. The van der Waals surface area contributed by atoms with Gasteiger partial charge in [0.25, 0.3) is 17.5 Å². The Morgan fingerprint density at radius 2 is 1.86 bits per heavy atom. The molecule has 1 aliphatic heterocycles. The fraction of sp³-hybridized carbons (Fsp3) is 0.435. The van der Waals surface area contributed by atoms with Crippen molar-refractivity contribution in [3.63, 3.8) is 0 Å². The summed E-state index contributed by atoms with van der Waals surface area (Å²) in [5.41, 5.74) is -5.75. The van der Waals surface area contributed by atoms with Gasteiger partial charge in [0.2, 0.25) is 0 Å². The molecule has 8 nitrogen and oxygen atoms in total. The standard InChI is InChI=1S/C23H22F6N4O4/c1-11(12-5-4-6-13(16(12)24)18(25)26)30-19-14-9-33(22(23(27,28)29)7-8-37-10-22)21(35)17(36-3)15(14)20(34)32(2)31-19/h4-6,9,11,18H,7-8,10H2,1-3H3,(H,30,31)/t11?,22-/m0/s1. The fourth-order valence-electron chi connectivity index (χ4n) is 4.47. The van der Waals surface area contributed by atoms with E-state index in [4.69, 9.17) is 9.47 Å². The van der Waals surface area contributed by atoms with Crippen molar-refractivity contribution in [2.75, 3.05) is 25.6 Å². The molecule has 0 aliphatic carbocycles. The lowest BCUT2D eigenvalue weighted by atomic mass is 9.96. The van der Waals surface area contributed by atoms with Gasteiger partial charge in [0.15, 0.2) is 17.1 Å². The molecule has 0 amide bonds. The molecule has 3 heterocycles. The maximum Gasteiger partial charge on any atom is 0.414 e. The van der Waals surface area contributed by atoms with Crippen LogP contribution in [0.25, 0.3) is 10.8 Å². The average Bonchev–Trinajstić information content (AvgIpc) is 3.33. The summed E-state index contributed by atoms with van der Waals surface area (Å²) in [5, 5.41) is 6.26. The van der Waals surface area contributed by atoms with Gasteiger partial charge in [-0.2, -0.15) is 18.3 Å². The van der Waals surface area contributed by atoms with Crippen molar-refractivity contribution < 1.29 is 35.8 Å². The maximum absolute atomic E-state index is 14.8.